The molecule has 1 rings (SSSR count). The predicted molar refractivity (Wildman–Crippen MR) is 79.8 cm³/mol. The van der Waals surface area contributed by atoms with Gasteiger partial charge in [0.25, 0.3) is 0 Å². The summed E-state index contributed by atoms with van der Waals surface area (Å²) >= 11 is 0. The highest BCUT2D eigenvalue weighted by molar-refractivity contribution is 5.38. The van der Waals surface area contributed by atoms with Crippen LogP contribution in [0.5, 0.6) is 5.88 Å². The second-order valence-corrected chi connectivity index (χ2v) is 4.68. The summed E-state index contributed by atoms with van der Waals surface area (Å²) in [5, 5.41) is 3.37. The zero-order chi connectivity index (χ0) is 13.9. The topological polar surface area (TPSA) is 47.0 Å². The van der Waals surface area contributed by atoms with E-state index in [1.807, 2.05) is 13.0 Å². The third-order valence-corrected chi connectivity index (χ3v) is 2.85. The molecular weight excluding hydrogens is 238 g/mol. The van der Waals surface area contributed by atoms with Crippen LogP contribution in [0.4, 0.5) is 5.82 Å². The monoisotopic (exact) mass is 265 g/mol. The van der Waals surface area contributed by atoms with Gasteiger partial charge in [-0.1, -0.05) is 33.1 Å². The molecule has 0 aliphatic heterocycles. The van der Waals surface area contributed by atoms with Crippen LogP contribution < -0.4 is 10.1 Å². The molecule has 1 aromatic heterocycles. The second-order valence-electron chi connectivity index (χ2n) is 4.68. The Morgan fingerprint density at radius 2 is 1.89 bits per heavy atom. The van der Waals surface area contributed by atoms with Gasteiger partial charge in [-0.05, 0) is 19.8 Å². The molecule has 0 aromatic carbocycles. The Labute approximate surface area is 117 Å². The van der Waals surface area contributed by atoms with Crippen LogP contribution in [0.3, 0.4) is 0 Å². The first-order valence-electron chi connectivity index (χ1n) is 7.54. The van der Waals surface area contributed by atoms with Crippen molar-refractivity contribution < 1.29 is 4.74 Å². The summed E-state index contributed by atoms with van der Waals surface area (Å²) in [5.41, 5.74) is 0. The van der Waals surface area contributed by atoms with E-state index >= 15 is 0 Å². The van der Waals surface area contributed by atoms with Crippen LogP contribution in [0.25, 0.3) is 0 Å². The van der Waals surface area contributed by atoms with Crippen molar-refractivity contribution in [3.8, 4) is 5.88 Å². The lowest BCUT2D eigenvalue weighted by atomic mass is 10.2. The maximum Gasteiger partial charge on any atom is 0.218 e. The summed E-state index contributed by atoms with van der Waals surface area (Å²) in [6.07, 6.45) is 6.97. The van der Waals surface area contributed by atoms with Crippen molar-refractivity contribution in [3.05, 3.63) is 11.9 Å². The fraction of sp³-hybridized carbons (Fsp3) is 0.733. The Kier molecular flexibility index (Phi) is 7.94. The molecule has 0 aliphatic carbocycles. The molecule has 19 heavy (non-hydrogen) atoms. The number of hydrogen-bond acceptors (Lipinski definition) is 4. The number of rotatable bonds is 10. The van der Waals surface area contributed by atoms with Gasteiger partial charge in [0, 0.05) is 19.0 Å². The number of hydrogen-bond donors (Lipinski definition) is 1. The highest BCUT2D eigenvalue weighted by atomic mass is 16.5. The molecule has 108 valence electrons. The van der Waals surface area contributed by atoms with Crippen LogP contribution in [0.15, 0.2) is 6.07 Å². The van der Waals surface area contributed by atoms with Gasteiger partial charge in [0.15, 0.2) is 0 Å². The zero-order valence-corrected chi connectivity index (χ0v) is 12.5. The Bertz CT molecular complexity index is 331. The normalized spacial score (nSPS) is 10.5. The van der Waals surface area contributed by atoms with E-state index in [-0.39, 0.29) is 0 Å². The standard InChI is InChI=1S/C15H27N3O/c1-4-7-8-9-11-16-14-12-15(19-6-3)18-13(17-14)10-5-2/h12H,4-11H2,1-3H3,(H,16,17,18). The molecule has 0 saturated carbocycles. The first kappa shape index (κ1) is 15.7. The number of ether oxygens (including phenoxy) is 1. The molecule has 0 unspecified atom stereocenters. The van der Waals surface area contributed by atoms with Gasteiger partial charge in [0.2, 0.25) is 5.88 Å². The van der Waals surface area contributed by atoms with Crippen LogP contribution >= 0.6 is 0 Å². The van der Waals surface area contributed by atoms with Crippen molar-refractivity contribution in [2.45, 2.75) is 59.3 Å². The summed E-state index contributed by atoms with van der Waals surface area (Å²) in [4.78, 5) is 8.92. The van der Waals surface area contributed by atoms with Crippen molar-refractivity contribution in [1.82, 2.24) is 9.97 Å². The molecule has 0 aliphatic rings. The molecule has 1 heterocycles. The lowest BCUT2D eigenvalue weighted by Crippen LogP contribution is -2.07. The molecule has 0 fully saturated rings. The summed E-state index contributed by atoms with van der Waals surface area (Å²) in [6, 6.07) is 1.89. The minimum Gasteiger partial charge on any atom is -0.478 e. The third kappa shape index (κ3) is 6.41. The molecule has 1 N–H and O–H groups in total. The molecule has 0 amide bonds. The smallest absolute Gasteiger partial charge is 0.218 e. The summed E-state index contributed by atoms with van der Waals surface area (Å²) in [6.45, 7) is 7.93. The largest absolute Gasteiger partial charge is 0.478 e. The van der Waals surface area contributed by atoms with E-state index in [0.29, 0.717) is 12.5 Å². The highest BCUT2D eigenvalue weighted by Gasteiger charge is 2.04. The van der Waals surface area contributed by atoms with Gasteiger partial charge in [-0.2, -0.15) is 4.98 Å². The molecular formula is C15H27N3O. The molecule has 0 saturated heterocycles. The average molecular weight is 265 g/mol. The van der Waals surface area contributed by atoms with Gasteiger partial charge in [0.05, 0.1) is 6.61 Å². The Morgan fingerprint density at radius 3 is 2.58 bits per heavy atom. The maximum absolute atomic E-state index is 5.49. The SMILES string of the molecule is CCCCCCNc1cc(OCC)nc(CCC)n1. The van der Waals surface area contributed by atoms with Crippen LogP contribution in [0.1, 0.15) is 58.7 Å². The molecule has 4 heteroatoms. The van der Waals surface area contributed by atoms with Gasteiger partial charge < -0.3 is 10.1 Å². The number of aryl methyl sites for hydroxylation is 1. The van der Waals surface area contributed by atoms with Crippen molar-refractivity contribution in [1.29, 1.82) is 0 Å². The third-order valence-electron chi connectivity index (χ3n) is 2.85. The number of unbranched alkanes of at least 4 members (excludes halogenated alkanes) is 3. The number of nitrogens with one attached hydrogen (secondary N) is 1. The fourth-order valence-corrected chi connectivity index (χ4v) is 1.89. The fourth-order valence-electron chi connectivity index (χ4n) is 1.89. The van der Waals surface area contributed by atoms with Gasteiger partial charge in [-0.3, -0.25) is 0 Å². The van der Waals surface area contributed by atoms with E-state index in [1.165, 1.54) is 25.7 Å². The quantitative estimate of drug-likeness (QED) is 0.653. The Hall–Kier alpha value is -1.32. The van der Waals surface area contributed by atoms with Crippen molar-refractivity contribution in [2.24, 2.45) is 0 Å². The van der Waals surface area contributed by atoms with E-state index in [9.17, 15) is 0 Å². The van der Waals surface area contributed by atoms with Crippen molar-refractivity contribution in [3.63, 3.8) is 0 Å². The first-order valence-corrected chi connectivity index (χ1v) is 7.54. The molecule has 4 nitrogen and oxygen atoms in total. The first-order chi connectivity index (χ1) is 9.30. The van der Waals surface area contributed by atoms with Crippen LogP contribution in [0.2, 0.25) is 0 Å². The number of nitrogens with zero attached hydrogens (tertiary/aromatic N) is 2. The van der Waals surface area contributed by atoms with Gasteiger partial charge in [-0.15, -0.1) is 0 Å². The number of anilines is 1. The van der Waals surface area contributed by atoms with Gasteiger partial charge >= 0.3 is 0 Å². The Morgan fingerprint density at radius 1 is 1.05 bits per heavy atom. The summed E-state index contributed by atoms with van der Waals surface area (Å²) in [5.74, 6) is 2.43. The average Bonchev–Trinajstić information content (AvgIpc) is 2.39. The van der Waals surface area contributed by atoms with Crippen molar-refractivity contribution >= 4 is 5.82 Å². The Balaban J connectivity index is 2.54. The van der Waals surface area contributed by atoms with Crippen LogP contribution in [-0.4, -0.2) is 23.1 Å². The van der Waals surface area contributed by atoms with Gasteiger partial charge in [-0.25, -0.2) is 4.98 Å². The van der Waals surface area contributed by atoms with E-state index in [1.54, 1.807) is 0 Å². The minimum atomic E-state index is 0.637. The lowest BCUT2D eigenvalue weighted by molar-refractivity contribution is 0.325. The van der Waals surface area contributed by atoms with E-state index in [2.05, 4.69) is 29.1 Å². The van der Waals surface area contributed by atoms with Gasteiger partial charge in [0.1, 0.15) is 11.6 Å². The predicted octanol–water partition coefficient (Wildman–Crippen LogP) is 3.82. The van der Waals surface area contributed by atoms with E-state index in [0.717, 1.165) is 31.0 Å². The molecule has 0 radical (unpaired) electrons. The molecule has 1 aromatic rings. The minimum absolute atomic E-state index is 0.637. The number of aromatic nitrogens is 2. The van der Waals surface area contributed by atoms with Crippen molar-refractivity contribution in [2.75, 3.05) is 18.5 Å². The van der Waals surface area contributed by atoms with E-state index in [4.69, 9.17) is 4.74 Å². The molecule has 0 bridgehead atoms. The molecule has 0 atom stereocenters. The van der Waals surface area contributed by atoms with Crippen LogP contribution in [0, 0.1) is 0 Å². The summed E-state index contributed by atoms with van der Waals surface area (Å²) in [7, 11) is 0. The highest BCUT2D eigenvalue weighted by Crippen LogP contribution is 2.15. The lowest BCUT2D eigenvalue weighted by Gasteiger charge is -2.09. The summed E-state index contributed by atoms with van der Waals surface area (Å²) < 4.78 is 5.49. The second kappa shape index (κ2) is 9.59. The maximum atomic E-state index is 5.49. The zero-order valence-electron chi connectivity index (χ0n) is 12.5. The molecule has 0 spiro atoms. The van der Waals surface area contributed by atoms with E-state index < -0.39 is 0 Å². The van der Waals surface area contributed by atoms with Crippen LogP contribution in [-0.2, 0) is 6.42 Å².